The second-order valence-electron chi connectivity index (χ2n) is 5.97. The maximum atomic E-state index is 2.51. The number of aryl methyl sites for hydroxylation is 2. The van der Waals surface area contributed by atoms with Crippen molar-refractivity contribution in [3.63, 3.8) is 0 Å². The van der Waals surface area contributed by atoms with Gasteiger partial charge in [-0.25, -0.2) is 9.13 Å². The number of unbranched alkanes of at least 4 members (excludes halogenated alkanes) is 6. The van der Waals surface area contributed by atoms with Crippen LogP contribution >= 0.6 is 0 Å². The fourth-order valence-corrected chi connectivity index (χ4v) is 2.74. The van der Waals surface area contributed by atoms with Gasteiger partial charge in [-0.1, -0.05) is 52.9 Å². The van der Waals surface area contributed by atoms with E-state index in [1.54, 1.807) is 5.82 Å². The first-order valence-electron chi connectivity index (χ1n) is 8.90. The molecule has 1 heterocycles. The van der Waals surface area contributed by atoms with Crippen LogP contribution in [-0.2, 0) is 19.5 Å². The van der Waals surface area contributed by atoms with E-state index in [9.17, 15) is 0 Å². The van der Waals surface area contributed by atoms with E-state index in [2.05, 4.69) is 42.3 Å². The molecule has 20 heavy (non-hydrogen) atoms. The van der Waals surface area contributed by atoms with Crippen molar-refractivity contribution in [3.8, 4) is 0 Å². The smallest absolute Gasteiger partial charge is 0.234 e. The number of aromatic nitrogens is 2. The van der Waals surface area contributed by atoms with E-state index in [1.165, 1.54) is 77.3 Å². The van der Waals surface area contributed by atoms with E-state index in [0.29, 0.717) is 0 Å². The third-order valence-electron chi connectivity index (χ3n) is 4.10. The van der Waals surface area contributed by atoms with Crippen LogP contribution in [0.2, 0.25) is 0 Å². The van der Waals surface area contributed by atoms with Crippen LogP contribution in [0.3, 0.4) is 0 Å². The Bertz CT molecular complexity index is 341. The molecular formula is C18H35N2+. The van der Waals surface area contributed by atoms with Crippen LogP contribution in [0.1, 0.15) is 84.4 Å². The standard InChI is InChI=1S/C18H35N2/c1-4-7-10-11-12-15-20-17-16-19(14-9-6-3)18(20)13-8-5-2/h16-17H,4-15H2,1-3H3/q+1. The number of hydrogen-bond acceptors (Lipinski definition) is 0. The van der Waals surface area contributed by atoms with Crippen LogP contribution in [0, 0.1) is 0 Å². The summed E-state index contributed by atoms with van der Waals surface area (Å²) in [4.78, 5) is 0. The molecule has 2 heteroatoms. The maximum absolute atomic E-state index is 2.51. The molecule has 0 saturated carbocycles. The summed E-state index contributed by atoms with van der Waals surface area (Å²) in [5.41, 5.74) is 0. The van der Waals surface area contributed by atoms with Crippen LogP contribution in [0.15, 0.2) is 12.4 Å². The highest BCUT2D eigenvalue weighted by Crippen LogP contribution is 2.07. The molecule has 0 saturated heterocycles. The SMILES string of the molecule is CCCCCCC[n+]1ccn(CCCC)c1CCCC. The number of nitrogens with zero attached hydrogens (tertiary/aromatic N) is 2. The van der Waals surface area contributed by atoms with Gasteiger partial charge in [0.15, 0.2) is 0 Å². The van der Waals surface area contributed by atoms with Gasteiger partial charge >= 0.3 is 0 Å². The minimum Gasteiger partial charge on any atom is -0.234 e. The Morgan fingerprint density at radius 1 is 0.850 bits per heavy atom. The second-order valence-corrected chi connectivity index (χ2v) is 5.97. The fourth-order valence-electron chi connectivity index (χ4n) is 2.74. The van der Waals surface area contributed by atoms with Gasteiger partial charge in [0, 0.05) is 6.42 Å². The second kappa shape index (κ2) is 10.9. The number of hydrogen-bond donors (Lipinski definition) is 0. The Kier molecular flexibility index (Phi) is 9.44. The highest BCUT2D eigenvalue weighted by Gasteiger charge is 2.15. The number of imidazole rings is 1. The first-order chi connectivity index (χ1) is 9.83. The van der Waals surface area contributed by atoms with Crippen molar-refractivity contribution in [2.45, 2.75) is 98.1 Å². The third-order valence-corrected chi connectivity index (χ3v) is 4.10. The highest BCUT2D eigenvalue weighted by molar-refractivity contribution is 4.84. The summed E-state index contributed by atoms with van der Waals surface area (Å²) in [5.74, 6) is 1.55. The Labute approximate surface area is 126 Å². The summed E-state index contributed by atoms with van der Waals surface area (Å²) in [6.07, 6.45) is 17.9. The predicted octanol–water partition coefficient (Wildman–Crippen LogP) is 4.89. The van der Waals surface area contributed by atoms with Gasteiger partial charge in [0.2, 0.25) is 0 Å². The molecule has 0 spiro atoms. The van der Waals surface area contributed by atoms with Crippen LogP contribution in [-0.4, -0.2) is 4.57 Å². The molecule has 0 aliphatic carbocycles. The van der Waals surface area contributed by atoms with Crippen LogP contribution < -0.4 is 4.57 Å². The topological polar surface area (TPSA) is 8.81 Å². The summed E-state index contributed by atoms with van der Waals surface area (Å²) in [5, 5.41) is 0. The molecular weight excluding hydrogens is 244 g/mol. The van der Waals surface area contributed by atoms with E-state index >= 15 is 0 Å². The van der Waals surface area contributed by atoms with Crippen molar-refractivity contribution in [2.24, 2.45) is 0 Å². The van der Waals surface area contributed by atoms with Gasteiger partial charge in [-0.2, -0.15) is 0 Å². The highest BCUT2D eigenvalue weighted by atomic mass is 15.1. The van der Waals surface area contributed by atoms with E-state index in [4.69, 9.17) is 0 Å². The first kappa shape index (κ1) is 17.3. The fraction of sp³-hybridized carbons (Fsp3) is 0.833. The van der Waals surface area contributed by atoms with Crippen LogP contribution in [0.4, 0.5) is 0 Å². The Hall–Kier alpha value is -0.790. The Balaban J connectivity index is 2.51. The minimum absolute atomic E-state index is 1.19. The molecule has 0 aliphatic rings. The van der Waals surface area contributed by atoms with Gasteiger partial charge in [0.1, 0.15) is 12.4 Å². The van der Waals surface area contributed by atoms with Crippen molar-refractivity contribution in [1.29, 1.82) is 0 Å². The molecule has 2 nitrogen and oxygen atoms in total. The lowest BCUT2D eigenvalue weighted by molar-refractivity contribution is -0.704. The lowest BCUT2D eigenvalue weighted by Gasteiger charge is -2.05. The monoisotopic (exact) mass is 279 g/mol. The lowest BCUT2D eigenvalue weighted by Crippen LogP contribution is -2.37. The molecule has 0 aliphatic heterocycles. The zero-order valence-electron chi connectivity index (χ0n) is 14.0. The van der Waals surface area contributed by atoms with Crippen molar-refractivity contribution >= 4 is 0 Å². The molecule has 1 aromatic rings. The average molecular weight is 279 g/mol. The molecule has 116 valence electrons. The van der Waals surface area contributed by atoms with Gasteiger partial charge < -0.3 is 0 Å². The molecule has 1 rings (SSSR count). The average Bonchev–Trinajstić information content (AvgIpc) is 2.84. The maximum Gasteiger partial charge on any atom is 0.256 e. The van der Waals surface area contributed by atoms with Gasteiger partial charge in [0.05, 0.1) is 13.1 Å². The van der Waals surface area contributed by atoms with Crippen LogP contribution in [0.25, 0.3) is 0 Å². The summed E-state index contributed by atoms with van der Waals surface area (Å²) in [6.45, 7) is 9.25. The first-order valence-corrected chi connectivity index (χ1v) is 8.90. The molecule has 1 aromatic heterocycles. The van der Waals surface area contributed by atoms with E-state index in [1.807, 2.05) is 0 Å². The largest absolute Gasteiger partial charge is 0.256 e. The van der Waals surface area contributed by atoms with Gasteiger partial charge in [-0.3, -0.25) is 0 Å². The normalized spacial score (nSPS) is 11.2. The molecule has 0 amide bonds. The van der Waals surface area contributed by atoms with Gasteiger partial charge in [0.25, 0.3) is 5.82 Å². The molecule has 0 N–H and O–H groups in total. The van der Waals surface area contributed by atoms with Crippen molar-refractivity contribution in [3.05, 3.63) is 18.2 Å². The molecule has 0 bridgehead atoms. The van der Waals surface area contributed by atoms with Crippen molar-refractivity contribution in [1.82, 2.24) is 4.57 Å². The quantitative estimate of drug-likeness (QED) is 0.380. The summed E-state index contributed by atoms with van der Waals surface area (Å²) >= 11 is 0. The number of rotatable bonds is 12. The summed E-state index contributed by atoms with van der Waals surface area (Å²) in [6, 6.07) is 0. The summed E-state index contributed by atoms with van der Waals surface area (Å²) in [7, 11) is 0. The van der Waals surface area contributed by atoms with Gasteiger partial charge in [-0.15, -0.1) is 0 Å². The molecule has 0 fully saturated rings. The Morgan fingerprint density at radius 2 is 1.55 bits per heavy atom. The molecule has 0 radical (unpaired) electrons. The third kappa shape index (κ3) is 6.11. The molecule has 0 aromatic carbocycles. The zero-order chi connectivity index (χ0) is 14.6. The van der Waals surface area contributed by atoms with E-state index in [-0.39, 0.29) is 0 Å². The van der Waals surface area contributed by atoms with E-state index in [0.717, 1.165) is 0 Å². The Morgan fingerprint density at radius 3 is 2.25 bits per heavy atom. The van der Waals surface area contributed by atoms with E-state index < -0.39 is 0 Å². The molecule has 0 atom stereocenters. The molecule has 0 unspecified atom stereocenters. The van der Waals surface area contributed by atoms with Crippen LogP contribution in [0.5, 0.6) is 0 Å². The zero-order valence-corrected chi connectivity index (χ0v) is 14.0. The minimum atomic E-state index is 1.19. The summed E-state index contributed by atoms with van der Waals surface area (Å²) < 4.78 is 5.00. The predicted molar refractivity (Wildman–Crippen MR) is 86.9 cm³/mol. The lowest BCUT2D eigenvalue weighted by atomic mass is 10.1. The van der Waals surface area contributed by atoms with Gasteiger partial charge in [-0.05, 0) is 25.7 Å². The van der Waals surface area contributed by atoms with Crippen molar-refractivity contribution in [2.75, 3.05) is 0 Å². The van der Waals surface area contributed by atoms with Crippen molar-refractivity contribution < 1.29 is 4.57 Å².